The number of anilines is 2. The average Bonchev–Trinajstić information content (AvgIpc) is 3.22. The highest BCUT2D eigenvalue weighted by molar-refractivity contribution is 8.00. The third-order valence-corrected chi connectivity index (χ3v) is 7.28. The molecule has 2 heterocycles. The summed E-state index contributed by atoms with van der Waals surface area (Å²) >= 11 is 3.27. The number of rotatable bonds is 10. The maximum atomic E-state index is 13.4. The van der Waals surface area contributed by atoms with Crippen molar-refractivity contribution in [3.63, 3.8) is 0 Å². The van der Waals surface area contributed by atoms with Gasteiger partial charge in [-0.25, -0.2) is 9.78 Å². The monoisotopic (exact) mass is 487 g/mol. The summed E-state index contributed by atoms with van der Waals surface area (Å²) in [6.45, 7) is 6.57. The molecule has 3 rings (SSSR count). The van der Waals surface area contributed by atoms with E-state index >= 15 is 0 Å². The largest absolute Gasteiger partial charge is 0.383 e. The molecule has 2 aromatic heterocycles. The molecule has 0 unspecified atom stereocenters. The Labute approximate surface area is 200 Å². The number of unbranched alkanes of at least 4 members (excludes halogenated alkanes) is 1. The van der Waals surface area contributed by atoms with Gasteiger partial charge in [-0.1, -0.05) is 44.2 Å². The summed E-state index contributed by atoms with van der Waals surface area (Å²) in [6, 6.07) is 7.32. The second kappa shape index (κ2) is 11.3. The Morgan fingerprint density at radius 1 is 1.21 bits per heavy atom. The van der Waals surface area contributed by atoms with Crippen LogP contribution in [0.25, 0.3) is 0 Å². The third-order valence-electron chi connectivity index (χ3n) is 5.07. The van der Waals surface area contributed by atoms with E-state index in [0.29, 0.717) is 25.1 Å². The molecule has 0 bridgehead atoms. The summed E-state index contributed by atoms with van der Waals surface area (Å²) < 4.78 is 2.34. The highest BCUT2D eigenvalue weighted by Gasteiger charge is 2.24. The Hall–Kier alpha value is -2.85. The fourth-order valence-corrected chi connectivity index (χ4v) is 5.16. The number of aromatic amines is 1. The van der Waals surface area contributed by atoms with Crippen molar-refractivity contribution in [1.82, 2.24) is 14.5 Å². The number of amides is 1. The second-order valence-electron chi connectivity index (χ2n) is 7.70. The summed E-state index contributed by atoms with van der Waals surface area (Å²) in [7, 11) is 0. The molecule has 0 spiro atoms. The number of thiazole rings is 1. The van der Waals surface area contributed by atoms with Gasteiger partial charge in [0.25, 0.3) is 11.5 Å². The Balaban J connectivity index is 1.85. The summed E-state index contributed by atoms with van der Waals surface area (Å²) in [5, 5.41) is 2.02. The topological polar surface area (TPSA) is 114 Å². The molecule has 0 aliphatic carbocycles. The summed E-state index contributed by atoms with van der Waals surface area (Å²) in [5.41, 5.74) is 7.57. The number of aryl methyl sites for hydroxylation is 1. The van der Waals surface area contributed by atoms with E-state index in [1.165, 1.54) is 9.47 Å². The van der Waals surface area contributed by atoms with Crippen LogP contribution < -0.4 is 21.9 Å². The van der Waals surface area contributed by atoms with Crippen LogP contribution in [-0.2, 0) is 12.3 Å². The van der Waals surface area contributed by atoms with Gasteiger partial charge < -0.3 is 10.6 Å². The van der Waals surface area contributed by atoms with E-state index in [2.05, 4.69) is 9.97 Å². The molecule has 3 N–H and O–H groups in total. The molecule has 176 valence electrons. The van der Waals surface area contributed by atoms with E-state index in [-0.39, 0.29) is 17.4 Å². The third kappa shape index (κ3) is 5.94. The van der Waals surface area contributed by atoms with Gasteiger partial charge in [0, 0.05) is 35.5 Å². The molecule has 0 radical (unpaired) electrons. The lowest BCUT2D eigenvalue weighted by Crippen LogP contribution is -2.41. The first-order valence-electron chi connectivity index (χ1n) is 10.9. The number of nitrogen functional groups attached to an aromatic ring is 1. The minimum atomic E-state index is -0.654. The molecule has 10 heteroatoms. The lowest BCUT2D eigenvalue weighted by molar-refractivity contribution is 0.0986. The number of H-pyrrole nitrogens is 1. The van der Waals surface area contributed by atoms with Gasteiger partial charge in [0.05, 0.1) is 0 Å². The SMILES string of the molecule is CCCCn1c(N)c(N(CCC)C(=O)c2ccc(CSc3nc(C)cs3)cc2)c(=O)[nH]c1=O. The molecule has 0 fully saturated rings. The molecule has 1 amide bonds. The molecule has 3 aromatic rings. The number of thioether (sulfide) groups is 1. The van der Waals surface area contributed by atoms with Crippen molar-refractivity contribution in [2.45, 2.75) is 56.7 Å². The lowest BCUT2D eigenvalue weighted by atomic mass is 10.1. The maximum Gasteiger partial charge on any atom is 0.330 e. The number of hydrogen-bond donors (Lipinski definition) is 2. The van der Waals surface area contributed by atoms with Crippen molar-refractivity contribution in [3.8, 4) is 0 Å². The quantitative estimate of drug-likeness (QED) is 0.417. The average molecular weight is 488 g/mol. The molecular weight excluding hydrogens is 458 g/mol. The van der Waals surface area contributed by atoms with Crippen LogP contribution in [-0.4, -0.2) is 27.0 Å². The van der Waals surface area contributed by atoms with Gasteiger partial charge in [0.2, 0.25) is 0 Å². The summed E-state index contributed by atoms with van der Waals surface area (Å²) in [4.78, 5) is 46.4. The van der Waals surface area contributed by atoms with Gasteiger partial charge in [0.1, 0.15) is 10.2 Å². The van der Waals surface area contributed by atoms with Gasteiger partial charge in [-0.3, -0.25) is 19.1 Å². The standard InChI is InChI=1S/C23H29N5O3S2/c1-4-6-12-28-19(24)18(20(29)26-22(28)31)27(11-5-2)21(30)17-9-7-16(8-10-17)14-33-23-25-15(3)13-32-23/h7-10,13H,4-6,11-12,14,24H2,1-3H3,(H,26,29,31). The maximum absolute atomic E-state index is 13.4. The number of nitrogens with two attached hydrogens (primary N) is 1. The fraction of sp³-hybridized carbons (Fsp3) is 0.391. The normalized spacial score (nSPS) is 11.0. The van der Waals surface area contributed by atoms with Crippen LogP contribution in [0.4, 0.5) is 11.5 Å². The predicted molar refractivity (Wildman–Crippen MR) is 135 cm³/mol. The van der Waals surface area contributed by atoms with Crippen LogP contribution in [0.3, 0.4) is 0 Å². The van der Waals surface area contributed by atoms with E-state index in [4.69, 9.17) is 5.73 Å². The smallest absolute Gasteiger partial charge is 0.330 e. The molecule has 0 saturated carbocycles. The van der Waals surface area contributed by atoms with E-state index in [1.54, 1.807) is 35.2 Å². The summed E-state index contributed by atoms with van der Waals surface area (Å²) in [5.74, 6) is 0.435. The molecular formula is C23H29N5O3S2. The molecule has 0 saturated heterocycles. The van der Waals surface area contributed by atoms with Gasteiger partial charge in [0.15, 0.2) is 5.69 Å². The highest BCUT2D eigenvalue weighted by Crippen LogP contribution is 2.26. The zero-order chi connectivity index (χ0) is 24.0. The van der Waals surface area contributed by atoms with Crippen LogP contribution in [0.15, 0.2) is 43.6 Å². The highest BCUT2D eigenvalue weighted by atomic mass is 32.2. The van der Waals surface area contributed by atoms with Crippen molar-refractivity contribution < 1.29 is 4.79 Å². The molecule has 1 aromatic carbocycles. The van der Waals surface area contributed by atoms with E-state index in [1.807, 2.05) is 38.3 Å². The van der Waals surface area contributed by atoms with Crippen molar-refractivity contribution in [2.75, 3.05) is 17.2 Å². The van der Waals surface area contributed by atoms with Crippen LogP contribution in [0, 0.1) is 6.92 Å². The zero-order valence-electron chi connectivity index (χ0n) is 19.1. The first-order valence-corrected chi connectivity index (χ1v) is 12.8. The number of hydrogen-bond acceptors (Lipinski definition) is 7. The number of nitrogens with one attached hydrogen (secondary N) is 1. The van der Waals surface area contributed by atoms with Gasteiger partial charge in [-0.2, -0.15) is 0 Å². The van der Waals surface area contributed by atoms with Crippen molar-refractivity contribution in [2.24, 2.45) is 0 Å². The lowest BCUT2D eigenvalue weighted by Gasteiger charge is -2.24. The number of aromatic nitrogens is 3. The summed E-state index contributed by atoms with van der Waals surface area (Å²) in [6.07, 6.45) is 2.22. The van der Waals surface area contributed by atoms with Gasteiger partial charge in [-0.05, 0) is 37.5 Å². The van der Waals surface area contributed by atoms with E-state index in [9.17, 15) is 14.4 Å². The molecule has 0 atom stereocenters. The van der Waals surface area contributed by atoms with E-state index in [0.717, 1.165) is 34.2 Å². The van der Waals surface area contributed by atoms with Gasteiger partial charge >= 0.3 is 5.69 Å². The van der Waals surface area contributed by atoms with Crippen LogP contribution >= 0.6 is 23.1 Å². The molecule has 0 aliphatic heterocycles. The van der Waals surface area contributed by atoms with Crippen LogP contribution in [0.2, 0.25) is 0 Å². The molecule has 33 heavy (non-hydrogen) atoms. The second-order valence-corrected chi connectivity index (χ2v) is 9.78. The number of carbonyl (C=O) groups excluding carboxylic acids is 1. The minimum Gasteiger partial charge on any atom is -0.383 e. The van der Waals surface area contributed by atoms with Crippen LogP contribution in [0.5, 0.6) is 0 Å². The van der Waals surface area contributed by atoms with Crippen molar-refractivity contribution >= 4 is 40.5 Å². The molecule has 0 aliphatic rings. The molecule has 8 nitrogen and oxygen atoms in total. The van der Waals surface area contributed by atoms with E-state index < -0.39 is 11.2 Å². The predicted octanol–water partition coefficient (Wildman–Crippen LogP) is 4.03. The Bertz CT molecular complexity index is 1210. The fourth-order valence-electron chi connectivity index (χ4n) is 3.36. The number of nitrogens with zero attached hydrogens (tertiary/aromatic N) is 3. The number of carbonyl (C=O) groups is 1. The zero-order valence-corrected chi connectivity index (χ0v) is 20.7. The Kier molecular flexibility index (Phi) is 8.51. The van der Waals surface area contributed by atoms with Crippen LogP contribution in [0.1, 0.15) is 54.7 Å². The van der Waals surface area contributed by atoms with Crippen molar-refractivity contribution in [1.29, 1.82) is 0 Å². The minimum absolute atomic E-state index is 0.0192. The van der Waals surface area contributed by atoms with Crippen molar-refractivity contribution in [3.05, 3.63) is 67.3 Å². The first-order chi connectivity index (χ1) is 15.8. The number of benzene rings is 1. The first kappa shape index (κ1) is 24.8. The Morgan fingerprint density at radius 2 is 1.94 bits per heavy atom. The Morgan fingerprint density at radius 3 is 2.55 bits per heavy atom. The van der Waals surface area contributed by atoms with Gasteiger partial charge in [-0.15, -0.1) is 11.3 Å².